The predicted molar refractivity (Wildman–Crippen MR) is 90.6 cm³/mol. The molecule has 0 spiro atoms. The van der Waals surface area contributed by atoms with Gasteiger partial charge in [0.15, 0.2) is 0 Å². The molecule has 21 heavy (non-hydrogen) atoms. The zero-order chi connectivity index (χ0) is 15.4. The molecule has 0 bridgehead atoms. The van der Waals surface area contributed by atoms with E-state index in [1.165, 1.54) is 49.2 Å². The van der Waals surface area contributed by atoms with Gasteiger partial charge in [-0.05, 0) is 70.1 Å². The molecule has 0 radical (unpaired) electrons. The van der Waals surface area contributed by atoms with Crippen LogP contribution in [-0.2, 0) is 0 Å². The van der Waals surface area contributed by atoms with Gasteiger partial charge < -0.3 is 10.6 Å². The molecule has 1 aliphatic heterocycles. The van der Waals surface area contributed by atoms with Crippen LogP contribution in [0.4, 0.5) is 0 Å². The second kappa shape index (κ2) is 7.39. The van der Waals surface area contributed by atoms with E-state index in [9.17, 15) is 0 Å². The van der Waals surface area contributed by atoms with E-state index in [1.807, 2.05) is 0 Å². The van der Waals surface area contributed by atoms with Gasteiger partial charge in [0.2, 0.25) is 0 Å². The van der Waals surface area contributed by atoms with Gasteiger partial charge in [-0.3, -0.25) is 4.90 Å². The molecule has 2 rings (SSSR count). The fraction of sp³-hybridized carbons (Fsp3) is 0.667. The monoisotopic (exact) mass is 289 g/mol. The number of benzene rings is 1. The first-order chi connectivity index (χ1) is 10.1. The zero-order valence-corrected chi connectivity index (χ0v) is 14.1. The van der Waals surface area contributed by atoms with Crippen molar-refractivity contribution in [3.05, 3.63) is 34.9 Å². The maximum atomic E-state index is 6.13. The van der Waals surface area contributed by atoms with Gasteiger partial charge in [-0.15, -0.1) is 0 Å². The van der Waals surface area contributed by atoms with Gasteiger partial charge in [-0.2, -0.15) is 0 Å². The van der Waals surface area contributed by atoms with Crippen molar-refractivity contribution in [3.63, 3.8) is 0 Å². The number of nitrogens with zero attached hydrogens (tertiary/aromatic N) is 2. The van der Waals surface area contributed by atoms with Gasteiger partial charge in [-0.1, -0.05) is 25.1 Å². The summed E-state index contributed by atoms with van der Waals surface area (Å²) in [5.74, 6) is 0. The van der Waals surface area contributed by atoms with Crippen LogP contribution in [0.15, 0.2) is 18.2 Å². The lowest BCUT2D eigenvalue weighted by Gasteiger charge is -2.40. The third-order valence-electron chi connectivity index (χ3n) is 5.30. The molecule has 1 aliphatic rings. The Morgan fingerprint density at radius 1 is 1.29 bits per heavy atom. The maximum Gasteiger partial charge on any atom is 0.0473 e. The van der Waals surface area contributed by atoms with Crippen LogP contribution in [0.25, 0.3) is 0 Å². The summed E-state index contributed by atoms with van der Waals surface area (Å²) in [6.07, 6.45) is 2.51. The molecule has 1 fully saturated rings. The summed E-state index contributed by atoms with van der Waals surface area (Å²) >= 11 is 0. The van der Waals surface area contributed by atoms with Crippen LogP contribution in [0.1, 0.15) is 42.5 Å². The molecule has 1 unspecified atom stereocenters. The minimum atomic E-state index is 0.336. The van der Waals surface area contributed by atoms with Gasteiger partial charge >= 0.3 is 0 Å². The number of hydrogen-bond donors (Lipinski definition) is 1. The molecular formula is C18H31N3. The van der Waals surface area contributed by atoms with Crippen LogP contribution < -0.4 is 5.73 Å². The largest absolute Gasteiger partial charge is 0.329 e. The van der Waals surface area contributed by atoms with Gasteiger partial charge in [-0.25, -0.2) is 0 Å². The average molecular weight is 289 g/mol. The van der Waals surface area contributed by atoms with Crippen molar-refractivity contribution >= 4 is 0 Å². The minimum Gasteiger partial charge on any atom is -0.329 e. The molecule has 1 atom stereocenters. The highest BCUT2D eigenvalue weighted by atomic mass is 15.2. The first-order valence-corrected chi connectivity index (χ1v) is 8.29. The predicted octanol–water partition coefficient (Wildman–Crippen LogP) is 2.72. The van der Waals surface area contributed by atoms with Crippen LogP contribution in [0.5, 0.6) is 0 Å². The van der Waals surface area contributed by atoms with Crippen molar-refractivity contribution in [2.24, 2.45) is 5.73 Å². The summed E-state index contributed by atoms with van der Waals surface area (Å²) in [6.45, 7) is 11.0. The van der Waals surface area contributed by atoms with Crippen molar-refractivity contribution in [2.45, 2.75) is 45.7 Å². The Labute approximate surface area is 130 Å². The van der Waals surface area contributed by atoms with Gasteiger partial charge in [0.05, 0.1) is 0 Å². The van der Waals surface area contributed by atoms with E-state index in [0.717, 1.165) is 0 Å². The number of rotatable bonds is 5. The Hall–Kier alpha value is -0.900. The van der Waals surface area contributed by atoms with Crippen molar-refractivity contribution in [3.8, 4) is 0 Å². The smallest absolute Gasteiger partial charge is 0.0473 e. The highest BCUT2D eigenvalue weighted by molar-refractivity contribution is 5.35. The van der Waals surface area contributed by atoms with E-state index in [4.69, 9.17) is 5.73 Å². The molecule has 118 valence electrons. The number of aryl methyl sites for hydroxylation is 1. The van der Waals surface area contributed by atoms with Crippen molar-refractivity contribution in [1.29, 1.82) is 0 Å². The molecule has 2 N–H and O–H groups in total. The molecular weight excluding hydrogens is 258 g/mol. The normalized spacial score (nSPS) is 19.1. The third-order valence-corrected chi connectivity index (χ3v) is 5.30. The third kappa shape index (κ3) is 3.65. The first kappa shape index (κ1) is 16.5. The number of likely N-dealkylation sites (tertiary alicyclic amines) is 1. The van der Waals surface area contributed by atoms with Crippen LogP contribution in [-0.4, -0.2) is 49.1 Å². The highest BCUT2D eigenvalue weighted by Crippen LogP contribution is 2.28. The molecule has 0 saturated carbocycles. The minimum absolute atomic E-state index is 0.336. The Balaban J connectivity index is 2.12. The van der Waals surface area contributed by atoms with Crippen molar-refractivity contribution in [2.75, 3.05) is 33.2 Å². The lowest BCUT2D eigenvalue weighted by Crippen LogP contribution is -2.46. The zero-order valence-electron chi connectivity index (χ0n) is 14.1. The summed E-state index contributed by atoms with van der Waals surface area (Å²) in [7, 11) is 2.26. The Morgan fingerprint density at radius 2 is 1.95 bits per heavy atom. The van der Waals surface area contributed by atoms with Gasteiger partial charge in [0.1, 0.15) is 0 Å². The second-order valence-electron chi connectivity index (χ2n) is 6.37. The van der Waals surface area contributed by atoms with E-state index < -0.39 is 0 Å². The SMILES string of the molecule is CCN1CCC(N(C)C(CN)c2cccc(C)c2C)CC1. The Morgan fingerprint density at radius 3 is 2.52 bits per heavy atom. The van der Waals surface area contributed by atoms with Crippen molar-refractivity contribution in [1.82, 2.24) is 9.80 Å². The maximum absolute atomic E-state index is 6.13. The van der Waals surface area contributed by atoms with Crippen LogP contribution in [0.3, 0.4) is 0 Å². The molecule has 1 aromatic rings. The molecule has 3 heteroatoms. The van der Waals surface area contributed by atoms with Crippen LogP contribution in [0, 0.1) is 13.8 Å². The molecule has 1 heterocycles. The van der Waals surface area contributed by atoms with E-state index in [2.05, 4.69) is 55.8 Å². The summed E-state index contributed by atoms with van der Waals surface area (Å²) < 4.78 is 0. The number of piperidine rings is 1. The lowest BCUT2D eigenvalue weighted by atomic mass is 9.94. The molecule has 0 aromatic heterocycles. The molecule has 0 aliphatic carbocycles. The number of hydrogen-bond acceptors (Lipinski definition) is 3. The fourth-order valence-electron chi connectivity index (χ4n) is 3.54. The summed E-state index contributed by atoms with van der Waals surface area (Å²) in [4.78, 5) is 5.06. The quantitative estimate of drug-likeness (QED) is 0.904. The van der Waals surface area contributed by atoms with Crippen LogP contribution >= 0.6 is 0 Å². The summed E-state index contributed by atoms with van der Waals surface area (Å²) in [6, 6.07) is 7.58. The number of likely N-dealkylation sites (N-methyl/N-ethyl adjacent to an activating group) is 1. The number of nitrogens with two attached hydrogens (primary N) is 1. The molecule has 3 nitrogen and oxygen atoms in total. The highest BCUT2D eigenvalue weighted by Gasteiger charge is 2.27. The topological polar surface area (TPSA) is 32.5 Å². The standard InChI is InChI=1S/C18H31N3/c1-5-21-11-9-16(10-12-21)20(4)18(13-19)17-8-6-7-14(2)15(17)3/h6-8,16,18H,5,9-13,19H2,1-4H3. The van der Waals surface area contributed by atoms with Crippen LogP contribution in [0.2, 0.25) is 0 Å². The van der Waals surface area contributed by atoms with Crippen molar-refractivity contribution < 1.29 is 0 Å². The van der Waals surface area contributed by atoms with Gasteiger partial charge in [0, 0.05) is 18.6 Å². The average Bonchev–Trinajstić information content (AvgIpc) is 2.52. The summed E-state index contributed by atoms with van der Waals surface area (Å²) in [5.41, 5.74) is 10.3. The first-order valence-electron chi connectivity index (χ1n) is 8.29. The van der Waals surface area contributed by atoms with E-state index in [1.54, 1.807) is 0 Å². The van der Waals surface area contributed by atoms with E-state index >= 15 is 0 Å². The second-order valence-corrected chi connectivity index (χ2v) is 6.37. The lowest BCUT2D eigenvalue weighted by molar-refractivity contribution is 0.101. The Kier molecular flexibility index (Phi) is 5.80. The van der Waals surface area contributed by atoms with Gasteiger partial charge in [0.25, 0.3) is 0 Å². The molecule has 1 saturated heterocycles. The Bertz CT molecular complexity index is 450. The molecule has 1 aromatic carbocycles. The van der Waals surface area contributed by atoms with E-state index in [-0.39, 0.29) is 0 Å². The molecule has 0 amide bonds. The van der Waals surface area contributed by atoms with E-state index in [0.29, 0.717) is 18.6 Å². The summed E-state index contributed by atoms with van der Waals surface area (Å²) in [5, 5.41) is 0. The fourth-order valence-corrected chi connectivity index (χ4v) is 3.54.